The van der Waals surface area contributed by atoms with Gasteiger partial charge in [-0.3, -0.25) is 9.59 Å². The molecule has 2 rings (SSSR count). The molecule has 0 saturated heterocycles. The summed E-state index contributed by atoms with van der Waals surface area (Å²) in [5.74, 6) is 4.81. The standard InChI is InChI=1S/C15H14N2O3/c1-20-13-10-6-5-9-12(13)15(19)17(16)14(18)11-7-3-2-4-8-11/h2-10H,16H2,1H3. The second-order valence-electron chi connectivity index (χ2n) is 4.05. The highest BCUT2D eigenvalue weighted by atomic mass is 16.5. The largest absolute Gasteiger partial charge is 0.496 e. The summed E-state index contributed by atoms with van der Waals surface area (Å²) in [4.78, 5) is 24.3. The Balaban J connectivity index is 2.27. The maximum atomic E-state index is 12.2. The number of rotatable bonds is 3. The Morgan fingerprint density at radius 1 is 0.950 bits per heavy atom. The molecule has 0 spiro atoms. The third-order valence-electron chi connectivity index (χ3n) is 2.80. The summed E-state index contributed by atoms with van der Waals surface area (Å²) in [6.07, 6.45) is 0. The fourth-order valence-corrected chi connectivity index (χ4v) is 1.76. The van der Waals surface area contributed by atoms with Crippen molar-refractivity contribution in [1.82, 2.24) is 5.01 Å². The lowest BCUT2D eigenvalue weighted by Gasteiger charge is -2.16. The molecule has 0 saturated carbocycles. The van der Waals surface area contributed by atoms with E-state index < -0.39 is 11.8 Å². The number of para-hydroxylation sites is 1. The van der Waals surface area contributed by atoms with Gasteiger partial charge in [-0.1, -0.05) is 30.3 Å². The summed E-state index contributed by atoms with van der Waals surface area (Å²) in [6.45, 7) is 0. The van der Waals surface area contributed by atoms with Crippen LogP contribution in [0, 0.1) is 0 Å². The monoisotopic (exact) mass is 270 g/mol. The molecule has 2 aromatic rings. The number of nitrogens with two attached hydrogens (primary N) is 1. The lowest BCUT2D eigenvalue weighted by Crippen LogP contribution is -2.42. The van der Waals surface area contributed by atoms with Crippen LogP contribution in [0.2, 0.25) is 0 Å². The van der Waals surface area contributed by atoms with Crippen molar-refractivity contribution in [2.24, 2.45) is 5.84 Å². The number of amides is 2. The van der Waals surface area contributed by atoms with Crippen molar-refractivity contribution < 1.29 is 14.3 Å². The van der Waals surface area contributed by atoms with Gasteiger partial charge in [0.2, 0.25) is 0 Å². The molecule has 2 N–H and O–H groups in total. The Kier molecular flexibility index (Phi) is 4.12. The predicted molar refractivity (Wildman–Crippen MR) is 74.1 cm³/mol. The fraction of sp³-hybridized carbons (Fsp3) is 0.0667. The normalized spacial score (nSPS) is 9.90. The zero-order valence-electron chi connectivity index (χ0n) is 10.9. The number of hydrogen-bond acceptors (Lipinski definition) is 4. The van der Waals surface area contributed by atoms with E-state index in [1.54, 1.807) is 54.6 Å². The van der Waals surface area contributed by atoms with E-state index in [0.29, 0.717) is 16.3 Å². The first-order chi connectivity index (χ1) is 9.65. The topological polar surface area (TPSA) is 72.6 Å². The van der Waals surface area contributed by atoms with E-state index in [2.05, 4.69) is 0 Å². The molecule has 2 amide bonds. The van der Waals surface area contributed by atoms with Crippen LogP contribution in [-0.4, -0.2) is 23.9 Å². The molecule has 5 heteroatoms. The minimum Gasteiger partial charge on any atom is -0.496 e. The van der Waals surface area contributed by atoms with Crippen molar-refractivity contribution in [3.8, 4) is 5.75 Å². The number of hydrogen-bond donors (Lipinski definition) is 1. The number of carbonyl (C=O) groups excluding carboxylic acids is 2. The molecule has 0 heterocycles. The molecule has 0 bridgehead atoms. The number of hydrazine groups is 1. The zero-order chi connectivity index (χ0) is 14.5. The molecule has 2 aromatic carbocycles. The fourth-order valence-electron chi connectivity index (χ4n) is 1.76. The minimum atomic E-state index is -0.615. The summed E-state index contributed by atoms with van der Waals surface area (Å²) in [5.41, 5.74) is 0.583. The van der Waals surface area contributed by atoms with Crippen molar-refractivity contribution in [3.63, 3.8) is 0 Å². The van der Waals surface area contributed by atoms with Crippen molar-refractivity contribution >= 4 is 11.8 Å². The van der Waals surface area contributed by atoms with Crippen LogP contribution in [-0.2, 0) is 0 Å². The van der Waals surface area contributed by atoms with Gasteiger partial charge in [0.15, 0.2) is 0 Å². The summed E-state index contributed by atoms with van der Waals surface area (Å²) < 4.78 is 5.09. The first-order valence-corrected chi connectivity index (χ1v) is 5.96. The Hall–Kier alpha value is -2.66. The SMILES string of the molecule is COc1ccccc1C(=O)N(N)C(=O)c1ccccc1. The molecule has 0 aliphatic carbocycles. The first kappa shape index (κ1) is 13.8. The Bertz CT molecular complexity index is 626. The van der Waals surface area contributed by atoms with Crippen LogP contribution in [0.3, 0.4) is 0 Å². The molecule has 0 aromatic heterocycles. The smallest absolute Gasteiger partial charge is 0.278 e. The van der Waals surface area contributed by atoms with Crippen LogP contribution in [0.1, 0.15) is 20.7 Å². The van der Waals surface area contributed by atoms with Gasteiger partial charge in [0, 0.05) is 5.56 Å². The Labute approximate surface area is 116 Å². The number of nitrogens with zero attached hydrogens (tertiary/aromatic N) is 1. The average molecular weight is 270 g/mol. The molecule has 20 heavy (non-hydrogen) atoms. The molecule has 102 valence electrons. The van der Waals surface area contributed by atoms with Crippen LogP contribution in [0.4, 0.5) is 0 Å². The van der Waals surface area contributed by atoms with Crippen LogP contribution < -0.4 is 10.6 Å². The van der Waals surface area contributed by atoms with Crippen LogP contribution >= 0.6 is 0 Å². The maximum Gasteiger partial charge on any atom is 0.278 e. The molecule has 0 atom stereocenters. The highest BCUT2D eigenvalue weighted by molar-refractivity contribution is 6.10. The van der Waals surface area contributed by atoms with Gasteiger partial charge in [-0.2, -0.15) is 0 Å². The maximum absolute atomic E-state index is 12.2. The van der Waals surface area contributed by atoms with E-state index in [1.807, 2.05) is 0 Å². The zero-order valence-corrected chi connectivity index (χ0v) is 10.9. The average Bonchev–Trinajstić information content (AvgIpc) is 2.53. The van der Waals surface area contributed by atoms with E-state index in [9.17, 15) is 9.59 Å². The highest BCUT2D eigenvalue weighted by Crippen LogP contribution is 2.19. The van der Waals surface area contributed by atoms with Crippen molar-refractivity contribution in [2.75, 3.05) is 7.11 Å². The first-order valence-electron chi connectivity index (χ1n) is 5.96. The Morgan fingerprint density at radius 3 is 2.20 bits per heavy atom. The van der Waals surface area contributed by atoms with Gasteiger partial charge in [0.1, 0.15) is 5.75 Å². The lowest BCUT2D eigenvalue weighted by atomic mass is 10.1. The summed E-state index contributed by atoms with van der Waals surface area (Å²) in [7, 11) is 1.45. The van der Waals surface area contributed by atoms with E-state index in [1.165, 1.54) is 7.11 Å². The highest BCUT2D eigenvalue weighted by Gasteiger charge is 2.23. The van der Waals surface area contributed by atoms with Crippen LogP contribution in [0.25, 0.3) is 0 Å². The second-order valence-corrected chi connectivity index (χ2v) is 4.05. The summed E-state index contributed by atoms with van der Waals surface area (Å²) in [5, 5.41) is 0.590. The van der Waals surface area contributed by atoms with Gasteiger partial charge in [0.25, 0.3) is 11.8 Å². The molecule has 0 radical (unpaired) electrons. The van der Waals surface area contributed by atoms with E-state index in [4.69, 9.17) is 10.6 Å². The number of carbonyl (C=O) groups is 2. The molecule has 5 nitrogen and oxygen atoms in total. The van der Waals surface area contributed by atoms with Crippen molar-refractivity contribution in [3.05, 3.63) is 65.7 Å². The molecular formula is C15H14N2O3. The third-order valence-corrected chi connectivity index (χ3v) is 2.80. The van der Waals surface area contributed by atoms with Gasteiger partial charge >= 0.3 is 0 Å². The van der Waals surface area contributed by atoms with E-state index in [-0.39, 0.29) is 5.56 Å². The minimum absolute atomic E-state index is 0.238. The number of ether oxygens (including phenoxy) is 1. The molecule has 0 fully saturated rings. The molecule has 0 unspecified atom stereocenters. The number of methoxy groups -OCH3 is 1. The van der Waals surface area contributed by atoms with Gasteiger partial charge in [-0.05, 0) is 24.3 Å². The van der Waals surface area contributed by atoms with Crippen LogP contribution in [0.15, 0.2) is 54.6 Å². The van der Waals surface area contributed by atoms with E-state index >= 15 is 0 Å². The summed E-state index contributed by atoms with van der Waals surface area (Å²) in [6, 6.07) is 15.0. The molecule has 0 aliphatic rings. The summed E-state index contributed by atoms with van der Waals surface area (Å²) >= 11 is 0. The van der Waals surface area contributed by atoms with Gasteiger partial charge < -0.3 is 4.74 Å². The number of imide groups is 1. The molecule has 0 aliphatic heterocycles. The van der Waals surface area contributed by atoms with Crippen molar-refractivity contribution in [2.45, 2.75) is 0 Å². The second kappa shape index (κ2) is 5.99. The van der Waals surface area contributed by atoms with Crippen molar-refractivity contribution in [1.29, 1.82) is 0 Å². The predicted octanol–water partition coefficient (Wildman–Crippen LogP) is 1.85. The van der Waals surface area contributed by atoms with Gasteiger partial charge in [-0.15, -0.1) is 0 Å². The quantitative estimate of drug-likeness (QED) is 0.400. The lowest BCUT2D eigenvalue weighted by molar-refractivity contribution is 0.0613. The third kappa shape index (κ3) is 2.67. The van der Waals surface area contributed by atoms with Gasteiger partial charge in [0.05, 0.1) is 12.7 Å². The van der Waals surface area contributed by atoms with Gasteiger partial charge in [-0.25, -0.2) is 10.9 Å². The van der Waals surface area contributed by atoms with E-state index in [0.717, 1.165) is 0 Å². The Morgan fingerprint density at radius 2 is 1.55 bits per heavy atom. The number of benzene rings is 2. The van der Waals surface area contributed by atoms with Crippen LogP contribution in [0.5, 0.6) is 5.75 Å². The molecular weight excluding hydrogens is 256 g/mol.